The van der Waals surface area contributed by atoms with E-state index in [9.17, 15) is 13.2 Å². The van der Waals surface area contributed by atoms with Crippen molar-refractivity contribution in [2.75, 3.05) is 24.7 Å². The molecule has 0 aromatic rings. The Morgan fingerprint density at radius 2 is 2.00 bits per heavy atom. The summed E-state index contributed by atoms with van der Waals surface area (Å²) in [7, 11) is -3.31. The molecule has 0 unspecified atom stereocenters. The Morgan fingerprint density at radius 3 is 2.53 bits per heavy atom. The van der Waals surface area contributed by atoms with Crippen molar-refractivity contribution >= 4 is 27.5 Å². The maximum Gasteiger partial charge on any atom is 0.221 e. The Hall–Kier alpha value is -0.330. The summed E-state index contributed by atoms with van der Waals surface area (Å²) in [4.78, 5) is 11.1. The molecule has 0 bridgehead atoms. The lowest BCUT2D eigenvalue weighted by Crippen LogP contribution is -2.32. The number of hydrogen-bond donors (Lipinski definition) is 2. The van der Waals surface area contributed by atoms with Crippen molar-refractivity contribution in [3.05, 3.63) is 0 Å². The first-order valence-electron chi connectivity index (χ1n) is 4.82. The summed E-state index contributed by atoms with van der Waals surface area (Å²) in [6, 6.07) is 0. The minimum atomic E-state index is -3.31. The normalized spacial score (nSPS) is 11.3. The summed E-state index contributed by atoms with van der Waals surface area (Å²) >= 11 is 5.30. The van der Waals surface area contributed by atoms with E-state index in [-0.39, 0.29) is 30.5 Å². The molecule has 0 rings (SSSR count). The molecule has 90 valence electrons. The van der Waals surface area contributed by atoms with E-state index < -0.39 is 10.0 Å². The number of nitrogens with one attached hydrogen (secondary N) is 2. The van der Waals surface area contributed by atoms with E-state index in [2.05, 4.69) is 10.0 Å². The van der Waals surface area contributed by atoms with Crippen LogP contribution in [0.5, 0.6) is 0 Å². The van der Waals surface area contributed by atoms with Gasteiger partial charge in [-0.15, -0.1) is 11.6 Å². The van der Waals surface area contributed by atoms with Crippen molar-refractivity contribution < 1.29 is 13.2 Å². The molecule has 5 nitrogen and oxygen atoms in total. The van der Waals surface area contributed by atoms with Crippen LogP contribution in [0.2, 0.25) is 0 Å². The number of rotatable bonds is 8. The van der Waals surface area contributed by atoms with Crippen molar-refractivity contribution in [1.29, 1.82) is 0 Å². The van der Waals surface area contributed by atoms with Gasteiger partial charge in [0, 0.05) is 25.4 Å². The van der Waals surface area contributed by atoms with Crippen molar-refractivity contribution in [3.63, 3.8) is 0 Å². The van der Waals surface area contributed by atoms with Crippen LogP contribution in [-0.4, -0.2) is 39.0 Å². The molecular formula is C8H17ClN2O3S. The summed E-state index contributed by atoms with van der Waals surface area (Å²) in [6.07, 6.45) is 1.02. The molecule has 0 aliphatic heterocycles. The van der Waals surface area contributed by atoms with Crippen LogP contribution in [0.15, 0.2) is 0 Å². The van der Waals surface area contributed by atoms with Crippen molar-refractivity contribution in [2.24, 2.45) is 0 Å². The molecule has 0 saturated heterocycles. The lowest BCUT2D eigenvalue weighted by atomic mass is 10.4. The molecule has 0 aliphatic carbocycles. The largest absolute Gasteiger partial charge is 0.356 e. The molecule has 0 spiro atoms. The van der Waals surface area contributed by atoms with E-state index in [1.165, 1.54) is 0 Å². The van der Waals surface area contributed by atoms with Gasteiger partial charge in [-0.1, -0.05) is 6.92 Å². The van der Waals surface area contributed by atoms with Crippen molar-refractivity contribution in [3.8, 4) is 0 Å². The van der Waals surface area contributed by atoms with Gasteiger partial charge in [-0.3, -0.25) is 4.79 Å². The standard InChI is InChI=1S/C8H17ClN2O3S/c1-2-5-10-8(12)3-6-11-15(13,14)7-4-9/h11H,2-7H2,1H3,(H,10,12). The average Bonchev–Trinajstić information content (AvgIpc) is 2.14. The van der Waals surface area contributed by atoms with Crippen LogP contribution in [0, 0.1) is 0 Å². The van der Waals surface area contributed by atoms with E-state index in [0.717, 1.165) is 6.42 Å². The van der Waals surface area contributed by atoms with Crippen LogP contribution in [0.1, 0.15) is 19.8 Å². The molecule has 0 aliphatic rings. The second kappa shape index (κ2) is 7.90. The monoisotopic (exact) mass is 256 g/mol. The number of halogens is 1. The predicted molar refractivity (Wildman–Crippen MR) is 60.4 cm³/mol. The zero-order valence-electron chi connectivity index (χ0n) is 8.75. The number of carbonyl (C=O) groups excluding carboxylic acids is 1. The Balaban J connectivity index is 3.65. The molecule has 15 heavy (non-hydrogen) atoms. The number of sulfonamides is 1. The Kier molecular flexibility index (Phi) is 7.72. The zero-order valence-corrected chi connectivity index (χ0v) is 10.3. The van der Waals surface area contributed by atoms with Gasteiger partial charge in [0.05, 0.1) is 5.75 Å². The zero-order chi connectivity index (χ0) is 11.7. The van der Waals surface area contributed by atoms with Gasteiger partial charge in [-0.25, -0.2) is 13.1 Å². The molecule has 1 amide bonds. The SMILES string of the molecule is CCCNC(=O)CCNS(=O)(=O)CCCl. The Morgan fingerprint density at radius 1 is 1.33 bits per heavy atom. The number of carbonyl (C=O) groups is 1. The van der Waals surface area contributed by atoms with Gasteiger partial charge in [0.2, 0.25) is 15.9 Å². The molecule has 0 aromatic carbocycles. The maximum atomic E-state index is 11.1. The molecule has 0 fully saturated rings. The Bertz CT molecular complexity index is 280. The number of hydrogen-bond acceptors (Lipinski definition) is 3. The Labute approximate surface area is 95.6 Å². The second-order valence-electron chi connectivity index (χ2n) is 3.00. The molecule has 0 atom stereocenters. The summed E-state index contributed by atoms with van der Waals surface area (Å²) in [5, 5.41) is 2.65. The maximum absolute atomic E-state index is 11.1. The average molecular weight is 257 g/mol. The van der Waals surface area contributed by atoms with Gasteiger partial charge in [0.25, 0.3) is 0 Å². The van der Waals surface area contributed by atoms with Gasteiger partial charge in [0.15, 0.2) is 0 Å². The molecule has 0 heterocycles. The summed E-state index contributed by atoms with van der Waals surface area (Å²) in [5.41, 5.74) is 0. The third-order valence-electron chi connectivity index (χ3n) is 1.59. The van der Waals surface area contributed by atoms with Gasteiger partial charge in [-0.2, -0.15) is 0 Å². The first kappa shape index (κ1) is 14.7. The predicted octanol–water partition coefficient (Wildman–Crippen LogP) is 0.0609. The van der Waals surface area contributed by atoms with Crippen LogP contribution >= 0.6 is 11.6 Å². The molecule has 0 aromatic heterocycles. The van der Waals surface area contributed by atoms with Crippen molar-refractivity contribution in [2.45, 2.75) is 19.8 Å². The highest BCUT2D eigenvalue weighted by Crippen LogP contribution is 1.88. The molecule has 0 radical (unpaired) electrons. The minimum Gasteiger partial charge on any atom is -0.356 e. The minimum absolute atomic E-state index is 0.0529. The second-order valence-corrected chi connectivity index (χ2v) is 5.31. The first-order valence-corrected chi connectivity index (χ1v) is 7.00. The molecule has 7 heteroatoms. The van der Waals surface area contributed by atoms with E-state index in [0.29, 0.717) is 6.54 Å². The van der Waals surface area contributed by atoms with Crippen LogP contribution in [-0.2, 0) is 14.8 Å². The smallest absolute Gasteiger partial charge is 0.221 e. The lowest BCUT2D eigenvalue weighted by molar-refractivity contribution is -0.120. The highest BCUT2D eigenvalue weighted by Gasteiger charge is 2.09. The van der Waals surface area contributed by atoms with Gasteiger partial charge < -0.3 is 5.32 Å². The molecule has 2 N–H and O–H groups in total. The van der Waals surface area contributed by atoms with Crippen LogP contribution in [0.25, 0.3) is 0 Å². The van der Waals surface area contributed by atoms with Crippen LogP contribution < -0.4 is 10.0 Å². The fraction of sp³-hybridized carbons (Fsp3) is 0.875. The number of amides is 1. The van der Waals surface area contributed by atoms with E-state index >= 15 is 0 Å². The fourth-order valence-electron chi connectivity index (χ4n) is 0.847. The topological polar surface area (TPSA) is 75.3 Å². The lowest BCUT2D eigenvalue weighted by Gasteiger charge is -2.05. The van der Waals surface area contributed by atoms with Crippen LogP contribution in [0.3, 0.4) is 0 Å². The van der Waals surface area contributed by atoms with Crippen LogP contribution in [0.4, 0.5) is 0 Å². The van der Waals surface area contributed by atoms with E-state index in [1.807, 2.05) is 6.92 Å². The number of alkyl halides is 1. The van der Waals surface area contributed by atoms with Gasteiger partial charge in [0.1, 0.15) is 0 Å². The van der Waals surface area contributed by atoms with Gasteiger partial charge in [-0.05, 0) is 6.42 Å². The van der Waals surface area contributed by atoms with Crippen molar-refractivity contribution in [1.82, 2.24) is 10.0 Å². The van der Waals surface area contributed by atoms with E-state index in [4.69, 9.17) is 11.6 Å². The first-order chi connectivity index (χ1) is 7.02. The third kappa shape index (κ3) is 8.65. The summed E-state index contributed by atoms with van der Waals surface area (Å²) < 4.78 is 24.5. The summed E-state index contributed by atoms with van der Waals surface area (Å²) in [6.45, 7) is 2.69. The molecular weight excluding hydrogens is 240 g/mol. The van der Waals surface area contributed by atoms with E-state index in [1.54, 1.807) is 0 Å². The summed E-state index contributed by atoms with van der Waals surface area (Å²) in [5.74, 6) is -0.215. The highest BCUT2D eigenvalue weighted by atomic mass is 35.5. The fourth-order valence-corrected chi connectivity index (χ4v) is 2.22. The molecule has 0 saturated carbocycles. The highest BCUT2D eigenvalue weighted by molar-refractivity contribution is 7.89. The third-order valence-corrected chi connectivity index (χ3v) is 3.39. The quantitative estimate of drug-likeness (QED) is 0.603. The van der Waals surface area contributed by atoms with Gasteiger partial charge >= 0.3 is 0 Å².